The maximum Gasteiger partial charge on any atom is 0.251 e. The molecule has 15 heteroatoms. The number of benzene rings is 3. The molecule has 0 fully saturated rings. The summed E-state index contributed by atoms with van der Waals surface area (Å²) < 4.78 is 0. The maximum absolute atomic E-state index is 12.7. The molecule has 270 valence electrons. The molecular formula is C36H51N9O3Si3. The third kappa shape index (κ3) is 13.4. The molecule has 6 N–H and O–H groups in total. The SMILES string of the molecule is C[Si](C)(C)CNC(=O)c1ccc(Nc2nc(Nc3ccc(C(=O)NC[Si](C)(C)C)cc3)nc(Nc3ccc(C(=O)NC[Si](C)(C)C)cc3)n2)cc1. The topological polar surface area (TPSA) is 162 Å². The lowest BCUT2D eigenvalue weighted by Crippen LogP contribution is -2.39. The molecule has 0 unspecified atom stereocenters. The summed E-state index contributed by atoms with van der Waals surface area (Å²) in [5.74, 6) is 0.450. The third-order valence-electron chi connectivity index (χ3n) is 7.18. The molecule has 51 heavy (non-hydrogen) atoms. The Hall–Kier alpha value is -4.87. The highest BCUT2D eigenvalue weighted by Gasteiger charge is 2.18. The van der Waals surface area contributed by atoms with Gasteiger partial charge >= 0.3 is 0 Å². The first kappa shape index (κ1) is 38.9. The molecule has 0 aliphatic heterocycles. The van der Waals surface area contributed by atoms with E-state index in [1.54, 1.807) is 72.8 Å². The van der Waals surface area contributed by atoms with Gasteiger partial charge in [-0.3, -0.25) is 14.4 Å². The number of carbonyl (C=O) groups excluding carboxylic acids is 3. The number of aromatic nitrogens is 3. The summed E-state index contributed by atoms with van der Waals surface area (Å²) in [6.45, 7) is 19.8. The second-order valence-corrected chi connectivity index (χ2v) is 32.6. The third-order valence-corrected chi connectivity index (χ3v) is 10.9. The van der Waals surface area contributed by atoms with Gasteiger partial charge < -0.3 is 31.9 Å². The molecule has 0 saturated heterocycles. The predicted octanol–water partition coefficient (Wildman–Crippen LogP) is 6.92. The van der Waals surface area contributed by atoms with E-state index in [1.807, 2.05) is 0 Å². The molecule has 4 aromatic rings. The van der Waals surface area contributed by atoms with E-state index in [1.165, 1.54) is 0 Å². The van der Waals surface area contributed by atoms with Gasteiger partial charge in [0.2, 0.25) is 17.8 Å². The summed E-state index contributed by atoms with van der Waals surface area (Å²) in [6, 6.07) is 21.3. The molecule has 3 amide bonds. The number of anilines is 6. The monoisotopic (exact) mass is 741 g/mol. The molecule has 3 aromatic carbocycles. The van der Waals surface area contributed by atoms with Crippen LogP contribution in [0.4, 0.5) is 34.9 Å². The van der Waals surface area contributed by atoms with Gasteiger partial charge in [0, 0.05) is 52.3 Å². The van der Waals surface area contributed by atoms with Crippen molar-refractivity contribution >= 4 is 76.9 Å². The minimum Gasteiger partial charge on any atom is -0.355 e. The van der Waals surface area contributed by atoms with Crippen molar-refractivity contribution in [3.8, 4) is 0 Å². The quantitative estimate of drug-likeness (QED) is 0.0711. The standard InChI is InChI=1S/C36H51N9O3Si3/c1-49(2,3)22-37-31(46)25-10-16-28(17-11-25)40-34-43-35(41-29-18-12-26(13-19-29)32(47)38-23-50(4,5)6)45-36(44-34)42-30-20-14-27(15-21-30)33(48)39-24-51(7,8)9/h10-21H,22-24H2,1-9H3,(H,37,46)(H,38,47)(H,39,48)(H3,40,41,42,43,44,45). The Morgan fingerprint density at radius 2 is 0.627 bits per heavy atom. The largest absolute Gasteiger partial charge is 0.355 e. The normalized spacial score (nSPS) is 11.7. The highest BCUT2D eigenvalue weighted by atomic mass is 28.3. The van der Waals surface area contributed by atoms with Crippen molar-refractivity contribution in [3.05, 3.63) is 89.5 Å². The van der Waals surface area contributed by atoms with Crippen LogP contribution in [0.25, 0.3) is 0 Å². The second kappa shape index (κ2) is 16.4. The minimum atomic E-state index is -1.43. The van der Waals surface area contributed by atoms with E-state index in [9.17, 15) is 14.4 Å². The zero-order chi connectivity index (χ0) is 37.4. The molecule has 0 bridgehead atoms. The lowest BCUT2D eigenvalue weighted by atomic mass is 10.2. The van der Waals surface area contributed by atoms with Gasteiger partial charge in [0.1, 0.15) is 0 Å². The van der Waals surface area contributed by atoms with Crippen LogP contribution in [0.1, 0.15) is 31.1 Å². The van der Waals surface area contributed by atoms with Crippen molar-refractivity contribution < 1.29 is 14.4 Å². The van der Waals surface area contributed by atoms with E-state index in [2.05, 4.69) is 106 Å². The van der Waals surface area contributed by atoms with E-state index < -0.39 is 24.2 Å². The van der Waals surface area contributed by atoms with Crippen LogP contribution >= 0.6 is 0 Å². The smallest absolute Gasteiger partial charge is 0.251 e. The molecule has 0 spiro atoms. The number of carbonyl (C=O) groups is 3. The number of hydrogen-bond donors (Lipinski definition) is 6. The highest BCUT2D eigenvalue weighted by molar-refractivity contribution is 6.77. The van der Waals surface area contributed by atoms with E-state index in [-0.39, 0.29) is 35.6 Å². The average Bonchev–Trinajstić information content (AvgIpc) is 3.05. The Labute approximate surface area is 304 Å². The summed E-state index contributed by atoms with van der Waals surface area (Å²) in [6.07, 6.45) is 2.10. The Kier molecular flexibility index (Phi) is 12.5. The van der Waals surface area contributed by atoms with Crippen molar-refractivity contribution in [3.63, 3.8) is 0 Å². The van der Waals surface area contributed by atoms with Crippen molar-refractivity contribution in [2.24, 2.45) is 0 Å². The molecular weight excluding hydrogens is 691 g/mol. The van der Waals surface area contributed by atoms with Crippen molar-refractivity contribution in [2.45, 2.75) is 58.9 Å². The van der Waals surface area contributed by atoms with E-state index >= 15 is 0 Å². The molecule has 1 heterocycles. The van der Waals surface area contributed by atoms with Crippen LogP contribution < -0.4 is 31.9 Å². The molecule has 0 radical (unpaired) electrons. The van der Waals surface area contributed by atoms with Crippen LogP contribution in [-0.2, 0) is 0 Å². The van der Waals surface area contributed by atoms with Gasteiger partial charge in [0.25, 0.3) is 17.7 Å². The van der Waals surface area contributed by atoms with Gasteiger partial charge in [-0.25, -0.2) is 0 Å². The Morgan fingerprint density at radius 1 is 0.412 bits per heavy atom. The van der Waals surface area contributed by atoms with E-state index in [4.69, 9.17) is 0 Å². The van der Waals surface area contributed by atoms with Crippen molar-refractivity contribution in [2.75, 3.05) is 34.5 Å². The van der Waals surface area contributed by atoms with E-state index in [0.29, 0.717) is 52.3 Å². The summed E-state index contributed by atoms with van der Waals surface area (Å²) in [5.41, 5.74) is 3.74. The van der Waals surface area contributed by atoms with Crippen LogP contribution in [0, 0.1) is 0 Å². The Balaban J connectivity index is 1.54. The Bertz CT molecular complexity index is 1590. The molecule has 0 saturated carbocycles. The van der Waals surface area contributed by atoms with Gasteiger partial charge in [-0.15, -0.1) is 0 Å². The number of amides is 3. The lowest BCUT2D eigenvalue weighted by Gasteiger charge is -2.17. The maximum atomic E-state index is 12.7. The fourth-order valence-electron chi connectivity index (χ4n) is 4.39. The van der Waals surface area contributed by atoms with Gasteiger partial charge in [0.15, 0.2) is 0 Å². The second-order valence-electron chi connectivity index (χ2n) is 16.1. The first-order valence-electron chi connectivity index (χ1n) is 17.0. The van der Waals surface area contributed by atoms with Gasteiger partial charge in [-0.1, -0.05) is 58.9 Å². The number of nitrogens with one attached hydrogen (secondary N) is 6. The average molecular weight is 742 g/mol. The van der Waals surface area contributed by atoms with Crippen LogP contribution in [0.3, 0.4) is 0 Å². The first-order chi connectivity index (χ1) is 23.8. The van der Waals surface area contributed by atoms with Gasteiger partial charge in [0.05, 0.1) is 24.2 Å². The summed E-state index contributed by atoms with van der Waals surface area (Å²) in [7, 11) is -4.29. The van der Waals surface area contributed by atoms with Crippen molar-refractivity contribution in [1.82, 2.24) is 30.9 Å². The number of hydrogen-bond acceptors (Lipinski definition) is 9. The highest BCUT2D eigenvalue weighted by Crippen LogP contribution is 2.22. The first-order valence-corrected chi connectivity index (χ1v) is 28.2. The van der Waals surface area contributed by atoms with Crippen LogP contribution in [0.5, 0.6) is 0 Å². The van der Waals surface area contributed by atoms with E-state index in [0.717, 1.165) is 0 Å². The molecule has 0 atom stereocenters. The fraction of sp³-hybridized carbons (Fsp3) is 0.333. The van der Waals surface area contributed by atoms with Crippen molar-refractivity contribution in [1.29, 1.82) is 0 Å². The molecule has 0 aliphatic carbocycles. The summed E-state index contributed by atoms with van der Waals surface area (Å²) >= 11 is 0. The lowest BCUT2D eigenvalue weighted by molar-refractivity contribution is 0.0951. The number of rotatable bonds is 15. The van der Waals surface area contributed by atoms with Crippen LogP contribution in [0.15, 0.2) is 72.8 Å². The predicted molar refractivity (Wildman–Crippen MR) is 216 cm³/mol. The van der Waals surface area contributed by atoms with Gasteiger partial charge in [-0.2, -0.15) is 15.0 Å². The Morgan fingerprint density at radius 3 is 0.824 bits per heavy atom. The summed E-state index contributed by atoms with van der Waals surface area (Å²) in [4.78, 5) is 51.7. The molecule has 4 rings (SSSR count). The zero-order valence-electron chi connectivity index (χ0n) is 31.1. The van der Waals surface area contributed by atoms with Gasteiger partial charge in [-0.05, 0) is 72.8 Å². The van der Waals surface area contributed by atoms with Crippen LogP contribution in [0.2, 0.25) is 58.9 Å². The molecule has 0 aliphatic rings. The molecule has 12 nitrogen and oxygen atoms in total. The minimum absolute atomic E-state index is 0.110. The fourth-order valence-corrected chi connectivity index (χ4v) is 6.46. The van der Waals surface area contributed by atoms with Crippen LogP contribution in [-0.4, -0.2) is 75.4 Å². The molecule has 1 aromatic heterocycles. The number of nitrogens with zero attached hydrogens (tertiary/aromatic N) is 3. The zero-order valence-corrected chi connectivity index (χ0v) is 34.1. The summed E-state index contributed by atoms with van der Waals surface area (Å²) in [5, 5.41) is 18.7.